The molecule has 1 amide bonds. The zero-order valence-electron chi connectivity index (χ0n) is 20.7. The maximum absolute atomic E-state index is 13.6. The van der Waals surface area contributed by atoms with Gasteiger partial charge < -0.3 is 14.4 Å². The molecule has 0 spiro atoms. The van der Waals surface area contributed by atoms with Gasteiger partial charge in [-0.1, -0.05) is 0 Å². The number of likely N-dealkylation sites (tertiary alicyclic amines) is 1. The first kappa shape index (κ1) is 26.3. The number of alkyl halides is 3. The van der Waals surface area contributed by atoms with E-state index in [1.807, 2.05) is 0 Å². The van der Waals surface area contributed by atoms with Gasteiger partial charge in [-0.05, 0) is 45.6 Å². The van der Waals surface area contributed by atoms with Crippen molar-refractivity contribution in [2.45, 2.75) is 57.9 Å². The molecule has 10 nitrogen and oxygen atoms in total. The van der Waals surface area contributed by atoms with Crippen molar-refractivity contribution in [2.75, 3.05) is 19.7 Å². The van der Waals surface area contributed by atoms with E-state index in [4.69, 9.17) is 9.47 Å². The molecule has 0 aromatic carbocycles. The average molecular weight is 521 g/mol. The Morgan fingerprint density at radius 2 is 1.68 bits per heavy atom. The van der Waals surface area contributed by atoms with Crippen molar-refractivity contribution in [3.05, 3.63) is 52.5 Å². The van der Waals surface area contributed by atoms with Crippen molar-refractivity contribution in [1.82, 2.24) is 29.4 Å². The van der Waals surface area contributed by atoms with Crippen molar-refractivity contribution in [2.24, 2.45) is 0 Å². The summed E-state index contributed by atoms with van der Waals surface area (Å²) in [4.78, 5) is 44.3. The standard InChI is InChI=1S/C24H27F3N6O4/c1-23(2,3)37-22(35)32-10-4-15(5-11-32)16-12-17-19(30-8-6-28-17)33(21(16)34)13-18-20(31-9-7-29-18)36-14-24(25,26)27/h6-9,12,15H,4-5,10-11,13-14H2,1-3H3. The molecule has 1 aliphatic heterocycles. The van der Waals surface area contributed by atoms with Crippen LogP contribution in [0.4, 0.5) is 18.0 Å². The molecule has 4 rings (SSSR count). The summed E-state index contributed by atoms with van der Waals surface area (Å²) in [6.07, 6.45) is 1.55. The van der Waals surface area contributed by atoms with E-state index in [0.717, 1.165) is 0 Å². The molecule has 0 radical (unpaired) electrons. The Hall–Kier alpha value is -3.77. The van der Waals surface area contributed by atoms with Crippen molar-refractivity contribution in [3.63, 3.8) is 0 Å². The lowest BCUT2D eigenvalue weighted by atomic mass is 9.90. The minimum Gasteiger partial charge on any atom is -0.467 e. The first-order chi connectivity index (χ1) is 17.4. The fourth-order valence-corrected chi connectivity index (χ4v) is 4.13. The minimum atomic E-state index is -4.56. The second-order valence-electron chi connectivity index (χ2n) is 9.71. The van der Waals surface area contributed by atoms with Crippen LogP contribution in [0.3, 0.4) is 0 Å². The van der Waals surface area contributed by atoms with E-state index >= 15 is 0 Å². The molecule has 0 atom stereocenters. The lowest BCUT2D eigenvalue weighted by Crippen LogP contribution is -2.42. The Labute approximate surface area is 210 Å². The molecule has 1 fully saturated rings. The van der Waals surface area contributed by atoms with Crippen LogP contribution >= 0.6 is 0 Å². The van der Waals surface area contributed by atoms with Crippen LogP contribution in [-0.4, -0.2) is 67.0 Å². The molecule has 3 aromatic heterocycles. The summed E-state index contributed by atoms with van der Waals surface area (Å²) in [7, 11) is 0. The number of aromatic nitrogens is 5. The van der Waals surface area contributed by atoms with Crippen LogP contribution < -0.4 is 10.3 Å². The van der Waals surface area contributed by atoms with Gasteiger partial charge in [-0.3, -0.25) is 19.3 Å². The molecule has 13 heteroatoms. The second-order valence-corrected chi connectivity index (χ2v) is 9.71. The smallest absolute Gasteiger partial charge is 0.422 e. The summed E-state index contributed by atoms with van der Waals surface area (Å²) in [6.45, 7) is 4.48. The first-order valence-corrected chi connectivity index (χ1v) is 11.7. The van der Waals surface area contributed by atoms with Gasteiger partial charge in [0.1, 0.15) is 16.8 Å². The number of carbonyl (C=O) groups excluding carboxylic acids is 1. The summed E-state index contributed by atoms with van der Waals surface area (Å²) in [5, 5.41) is 0. The van der Waals surface area contributed by atoms with E-state index in [9.17, 15) is 22.8 Å². The van der Waals surface area contributed by atoms with E-state index in [0.29, 0.717) is 37.0 Å². The van der Waals surface area contributed by atoms with Gasteiger partial charge in [0.15, 0.2) is 12.3 Å². The zero-order chi connectivity index (χ0) is 26.8. The maximum atomic E-state index is 13.6. The number of hydrogen-bond acceptors (Lipinski definition) is 8. The number of halogens is 3. The largest absolute Gasteiger partial charge is 0.467 e. The van der Waals surface area contributed by atoms with Crippen LogP contribution in [0, 0.1) is 0 Å². The van der Waals surface area contributed by atoms with Gasteiger partial charge in [0.2, 0.25) is 5.88 Å². The van der Waals surface area contributed by atoms with Crippen LogP contribution in [-0.2, 0) is 11.3 Å². The Morgan fingerprint density at radius 3 is 2.35 bits per heavy atom. The van der Waals surface area contributed by atoms with E-state index in [1.54, 1.807) is 31.7 Å². The van der Waals surface area contributed by atoms with Gasteiger partial charge in [0.05, 0.1) is 6.54 Å². The Morgan fingerprint density at radius 1 is 1.03 bits per heavy atom. The highest BCUT2D eigenvalue weighted by Crippen LogP contribution is 2.28. The number of carbonyl (C=O) groups is 1. The fraction of sp³-hybridized carbons (Fsp3) is 0.500. The molecule has 0 bridgehead atoms. The maximum Gasteiger partial charge on any atom is 0.422 e. The lowest BCUT2D eigenvalue weighted by Gasteiger charge is -2.33. The van der Waals surface area contributed by atoms with Gasteiger partial charge in [0.25, 0.3) is 5.56 Å². The van der Waals surface area contributed by atoms with E-state index in [2.05, 4.69) is 19.9 Å². The van der Waals surface area contributed by atoms with Gasteiger partial charge >= 0.3 is 12.3 Å². The Balaban J connectivity index is 1.62. The zero-order valence-corrected chi connectivity index (χ0v) is 20.7. The SMILES string of the molecule is CC(C)(C)OC(=O)N1CCC(c2cc3nccnc3n(Cc3nccnc3OCC(F)(F)F)c2=O)CC1. The number of rotatable bonds is 5. The molecular formula is C24H27F3N6O4. The van der Waals surface area contributed by atoms with E-state index in [1.165, 1.54) is 29.4 Å². The number of fused-ring (bicyclic) bond motifs is 1. The molecule has 0 N–H and O–H groups in total. The van der Waals surface area contributed by atoms with E-state index < -0.39 is 24.5 Å². The van der Waals surface area contributed by atoms with Crippen LogP contribution in [0.15, 0.2) is 35.6 Å². The third kappa shape index (κ3) is 6.52. The molecule has 37 heavy (non-hydrogen) atoms. The third-order valence-electron chi connectivity index (χ3n) is 5.75. The normalized spacial score (nSPS) is 15.1. The molecule has 0 aliphatic carbocycles. The van der Waals surface area contributed by atoms with Crippen LogP contribution in [0.5, 0.6) is 5.88 Å². The van der Waals surface area contributed by atoms with E-state index in [-0.39, 0.29) is 35.2 Å². The number of ether oxygens (including phenoxy) is 2. The summed E-state index contributed by atoms with van der Waals surface area (Å²) < 4.78 is 49.7. The molecule has 198 valence electrons. The Bertz CT molecular complexity index is 1330. The molecule has 4 heterocycles. The summed E-state index contributed by atoms with van der Waals surface area (Å²) >= 11 is 0. The predicted octanol–water partition coefficient (Wildman–Crippen LogP) is 3.69. The highest BCUT2D eigenvalue weighted by atomic mass is 19.4. The molecule has 1 saturated heterocycles. The number of pyridine rings is 1. The van der Waals surface area contributed by atoms with Crippen molar-refractivity contribution < 1.29 is 27.4 Å². The van der Waals surface area contributed by atoms with Gasteiger partial charge in [-0.2, -0.15) is 13.2 Å². The third-order valence-corrected chi connectivity index (χ3v) is 5.75. The summed E-state index contributed by atoms with van der Waals surface area (Å²) in [5.74, 6) is -0.480. The van der Waals surface area contributed by atoms with Crippen molar-refractivity contribution in [3.8, 4) is 5.88 Å². The Kier molecular flexibility index (Phi) is 7.32. The molecule has 3 aromatic rings. The van der Waals surface area contributed by atoms with Crippen molar-refractivity contribution in [1.29, 1.82) is 0 Å². The second kappa shape index (κ2) is 10.3. The average Bonchev–Trinajstić information content (AvgIpc) is 2.83. The van der Waals surface area contributed by atoms with Crippen LogP contribution in [0.1, 0.15) is 50.8 Å². The van der Waals surface area contributed by atoms with Crippen LogP contribution in [0.2, 0.25) is 0 Å². The predicted molar refractivity (Wildman–Crippen MR) is 126 cm³/mol. The van der Waals surface area contributed by atoms with Crippen LogP contribution in [0.25, 0.3) is 11.2 Å². The number of nitrogens with zero attached hydrogens (tertiary/aromatic N) is 6. The van der Waals surface area contributed by atoms with Gasteiger partial charge in [-0.15, -0.1) is 0 Å². The minimum absolute atomic E-state index is 0.0534. The van der Waals surface area contributed by atoms with Gasteiger partial charge in [-0.25, -0.2) is 14.8 Å². The summed E-state index contributed by atoms with van der Waals surface area (Å²) in [5.41, 5.74) is 0.275. The molecule has 0 saturated carbocycles. The number of piperidine rings is 1. The highest BCUT2D eigenvalue weighted by molar-refractivity contribution is 5.71. The molecule has 1 aliphatic rings. The topological polar surface area (TPSA) is 112 Å². The fourth-order valence-electron chi connectivity index (χ4n) is 4.13. The summed E-state index contributed by atoms with van der Waals surface area (Å²) in [6, 6.07) is 1.69. The number of amides is 1. The molecule has 0 unspecified atom stereocenters. The lowest BCUT2D eigenvalue weighted by molar-refractivity contribution is -0.154. The number of hydrogen-bond donors (Lipinski definition) is 0. The quantitative estimate of drug-likeness (QED) is 0.501. The molecular weight excluding hydrogens is 493 g/mol. The van der Waals surface area contributed by atoms with Crippen molar-refractivity contribution >= 4 is 17.3 Å². The first-order valence-electron chi connectivity index (χ1n) is 11.7. The monoisotopic (exact) mass is 520 g/mol. The van der Waals surface area contributed by atoms with Gasteiger partial charge in [0, 0.05) is 43.4 Å². The highest BCUT2D eigenvalue weighted by Gasteiger charge is 2.31.